The highest BCUT2D eigenvalue weighted by molar-refractivity contribution is 7.57. The summed E-state index contributed by atoms with van der Waals surface area (Å²) < 4.78 is 27.1. The zero-order valence-corrected chi connectivity index (χ0v) is 14.0. The molecule has 0 aliphatic rings. The van der Waals surface area contributed by atoms with Crippen LogP contribution in [0.1, 0.15) is 5.56 Å². The molecule has 116 valence electrons. The Hall–Kier alpha value is -1.05. The van der Waals surface area contributed by atoms with Gasteiger partial charge in [-0.25, -0.2) is 0 Å². The third-order valence-corrected chi connectivity index (χ3v) is 6.00. The normalized spacial score (nSPS) is 13.9. The summed E-state index contributed by atoms with van der Waals surface area (Å²) in [6.07, 6.45) is 2.70. The minimum Gasteiger partial charge on any atom is -0.374 e. The standard InChI is InChI=1S/C13H19O6PSi/c1-17-21(18-2,19-3)10-9-13(20(14,15)16)11-12-7-5-4-6-8-12/h4-11H,1-3H3,(H2,14,15,16). The smallest absolute Gasteiger partial charge is 0.374 e. The van der Waals surface area contributed by atoms with E-state index < -0.39 is 16.4 Å². The Morgan fingerprint density at radius 1 is 1.10 bits per heavy atom. The van der Waals surface area contributed by atoms with Crippen molar-refractivity contribution in [1.29, 1.82) is 0 Å². The van der Waals surface area contributed by atoms with Crippen molar-refractivity contribution in [3.63, 3.8) is 0 Å². The van der Waals surface area contributed by atoms with Gasteiger partial charge in [-0.2, -0.15) is 0 Å². The van der Waals surface area contributed by atoms with Gasteiger partial charge in [-0.1, -0.05) is 30.3 Å². The fraction of sp³-hybridized carbons (Fsp3) is 0.231. The van der Waals surface area contributed by atoms with Crippen LogP contribution in [0.3, 0.4) is 0 Å². The van der Waals surface area contributed by atoms with Gasteiger partial charge in [0, 0.05) is 21.3 Å². The molecule has 0 radical (unpaired) electrons. The Kier molecular flexibility index (Phi) is 6.70. The molecule has 0 atom stereocenters. The number of hydrogen-bond acceptors (Lipinski definition) is 4. The van der Waals surface area contributed by atoms with Gasteiger partial charge in [-0.3, -0.25) is 4.57 Å². The third-order valence-electron chi connectivity index (χ3n) is 2.76. The molecule has 0 saturated carbocycles. The van der Waals surface area contributed by atoms with E-state index in [1.807, 2.05) is 6.07 Å². The maximum Gasteiger partial charge on any atom is 0.528 e. The first-order chi connectivity index (χ1) is 9.87. The van der Waals surface area contributed by atoms with Gasteiger partial charge in [0.15, 0.2) is 0 Å². The molecule has 1 aromatic carbocycles. The van der Waals surface area contributed by atoms with Gasteiger partial charge < -0.3 is 23.1 Å². The summed E-state index contributed by atoms with van der Waals surface area (Å²) in [5.41, 5.74) is 2.11. The van der Waals surface area contributed by atoms with E-state index in [-0.39, 0.29) is 5.31 Å². The largest absolute Gasteiger partial charge is 0.528 e. The summed E-state index contributed by atoms with van der Waals surface area (Å²) in [5, 5.41) is -0.142. The highest BCUT2D eigenvalue weighted by Gasteiger charge is 2.35. The van der Waals surface area contributed by atoms with Crippen LogP contribution >= 0.6 is 7.60 Å². The van der Waals surface area contributed by atoms with Gasteiger partial charge in [-0.15, -0.1) is 0 Å². The molecule has 1 rings (SSSR count). The van der Waals surface area contributed by atoms with E-state index in [0.29, 0.717) is 5.56 Å². The van der Waals surface area contributed by atoms with Gasteiger partial charge in [0.25, 0.3) is 0 Å². The van der Waals surface area contributed by atoms with Crippen molar-refractivity contribution in [3.8, 4) is 0 Å². The number of allylic oxidation sites excluding steroid dienone is 2. The molecule has 2 N–H and O–H groups in total. The van der Waals surface area contributed by atoms with Crippen LogP contribution in [0, 0.1) is 0 Å². The van der Waals surface area contributed by atoms with E-state index in [2.05, 4.69) is 0 Å². The van der Waals surface area contributed by atoms with Crippen LogP contribution in [0.2, 0.25) is 0 Å². The number of benzene rings is 1. The van der Waals surface area contributed by atoms with Crippen molar-refractivity contribution >= 4 is 22.5 Å². The van der Waals surface area contributed by atoms with Gasteiger partial charge in [0.1, 0.15) is 0 Å². The third kappa shape index (κ3) is 5.33. The second-order valence-corrected chi connectivity index (χ2v) is 8.44. The Bertz CT molecular complexity index is 539. The predicted octanol–water partition coefficient (Wildman–Crippen LogP) is 2.18. The maximum absolute atomic E-state index is 11.6. The van der Waals surface area contributed by atoms with Crippen LogP contribution in [0.15, 0.2) is 47.4 Å². The Balaban J connectivity index is 3.17. The molecule has 0 bridgehead atoms. The van der Waals surface area contributed by atoms with Crippen LogP contribution in [0.5, 0.6) is 0 Å². The molecular weight excluding hydrogens is 311 g/mol. The molecule has 21 heavy (non-hydrogen) atoms. The summed E-state index contributed by atoms with van der Waals surface area (Å²) in [4.78, 5) is 18.9. The van der Waals surface area contributed by atoms with Crippen LogP contribution in [-0.4, -0.2) is 39.9 Å². The summed E-state index contributed by atoms with van der Waals surface area (Å²) >= 11 is 0. The molecule has 0 heterocycles. The SMILES string of the molecule is CO[Si](C=CC(=Cc1ccccc1)P(=O)(O)O)(OC)OC. The molecule has 0 saturated heterocycles. The van der Waals surface area contributed by atoms with Crippen molar-refractivity contribution < 1.29 is 27.6 Å². The van der Waals surface area contributed by atoms with E-state index in [0.717, 1.165) is 0 Å². The minimum atomic E-state index is -4.43. The first-order valence-electron chi connectivity index (χ1n) is 6.04. The average molecular weight is 330 g/mol. The van der Waals surface area contributed by atoms with Gasteiger partial charge in [0.2, 0.25) is 0 Å². The van der Waals surface area contributed by atoms with Crippen LogP contribution in [0.4, 0.5) is 0 Å². The Morgan fingerprint density at radius 2 is 1.62 bits per heavy atom. The van der Waals surface area contributed by atoms with E-state index in [1.54, 1.807) is 24.3 Å². The molecule has 0 fully saturated rings. The lowest BCUT2D eigenvalue weighted by Gasteiger charge is -2.20. The van der Waals surface area contributed by atoms with Gasteiger partial charge in [0.05, 0.1) is 5.31 Å². The molecule has 1 aromatic rings. The van der Waals surface area contributed by atoms with E-state index in [4.69, 9.17) is 13.3 Å². The average Bonchev–Trinajstić information content (AvgIpc) is 2.48. The molecule has 0 unspecified atom stereocenters. The molecule has 0 aromatic heterocycles. The van der Waals surface area contributed by atoms with E-state index in [1.165, 1.54) is 39.2 Å². The van der Waals surface area contributed by atoms with Gasteiger partial charge >= 0.3 is 16.4 Å². The highest BCUT2D eigenvalue weighted by Crippen LogP contribution is 2.46. The second-order valence-electron chi connectivity index (χ2n) is 4.07. The molecule has 8 heteroatoms. The van der Waals surface area contributed by atoms with Crippen molar-refractivity contribution in [2.75, 3.05) is 21.3 Å². The van der Waals surface area contributed by atoms with Crippen LogP contribution in [0.25, 0.3) is 6.08 Å². The number of hydrogen-bond donors (Lipinski definition) is 2. The second kappa shape index (κ2) is 7.81. The zero-order chi connectivity index (χ0) is 15.9. The molecule has 0 amide bonds. The van der Waals surface area contributed by atoms with E-state index >= 15 is 0 Å². The van der Waals surface area contributed by atoms with Crippen molar-refractivity contribution in [1.82, 2.24) is 0 Å². The molecular formula is C13H19O6PSi. The summed E-state index contributed by atoms with van der Waals surface area (Å²) in [5.74, 6) is 0. The maximum atomic E-state index is 11.6. The lowest BCUT2D eigenvalue weighted by molar-refractivity contribution is 0.138. The fourth-order valence-corrected chi connectivity index (χ4v) is 3.61. The molecule has 0 aliphatic carbocycles. The first kappa shape index (κ1) is 18.0. The van der Waals surface area contributed by atoms with Gasteiger partial charge in [-0.05, 0) is 23.4 Å². The van der Waals surface area contributed by atoms with Crippen molar-refractivity contribution in [2.45, 2.75) is 0 Å². The topological polar surface area (TPSA) is 85.2 Å². The fourth-order valence-electron chi connectivity index (χ4n) is 1.59. The lowest BCUT2D eigenvalue weighted by atomic mass is 10.2. The summed E-state index contributed by atoms with van der Waals surface area (Å²) in [6.45, 7) is 0. The van der Waals surface area contributed by atoms with Crippen molar-refractivity contribution in [3.05, 3.63) is 53.0 Å². The van der Waals surface area contributed by atoms with Crippen LogP contribution in [-0.2, 0) is 17.8 Å². The summed E-state index contributed by atoms with van der Waals surface area (Å²) in [7, 11) is -3.22. The molecule has 6 nitrogen and oxygen atoms in total. The highest BCUT2D eigenvalue weighted by atomic mass is 31.2. The van der Waals surface area contributed by atoms with Crippen molar-refractivity contribution in [2.24, 2.45) is 0 Å². The number of rotatable bonds is 7. The quantitative estimate of drug-likeness (QED) is 0.453. The molecule has 0 aliphatic heterocycles. The monoisotopic (exact) mass is 330 g/mol. The Morgan fingerprint density at radius 3 is 2.05 bits per heavy atom. The Labute approximate surface area is 125 Å². The predicted molar refractivity (Wildman–Crippen MR) is 82.4 cm³/mol. The van der Waals surface area contributed by atoms with Crippen LogP contribution < -0.4 is 0 Å². The zero-order valence-electron chi connectivity index (χ0n) is 12.1. The summed E-state index contributed by atoms with van der Waals surface area (Å²) in [6, 6.07) is 8.88. The molecule has 0 spiro atoms. The van der Waals surface area contributed by atoms with E-state index in [9.17, 15) is 14.4 Å². The first-order valence-corrected chi connectivity index (χ1v) is 9.46. The lowest BCUT2D eigenvalue weighted by Crippen LogP contribution is -2.40. The minimum absolute atomic E-state index is 0.142.